The van der Waals surface area contributed by atoms with Crippen LogP contribution >= 0.6 is 0 Å². The largest absolute Gasteiger partial charge is 0.390 e. The van der Waals surface area contributed by atoms with Gasteiger partial charge in [0, 0.05) is 24.0 Å². The molecule has 0 radical (unpaired) electrons. The summed E-state index contributed by atoms with van der Waals surface area (Å²) in [5.41, 5.74) is -1.33. The van der Waals surface area contributed by atoms with Crippen molar-refractivity contribution < 1.29 is 30.8 Å². The second kappa shape index (κ2) is 9.29. The lowest BCUT2D eigenvalue weighted by molar-refractivity contribution is -0.151. The molecule has 210 valence electrons. The highest BCUT2D eigenvalue weighted by atomic mass is 32.2. The maximum atomic E-state index is 13.8. The minimum absolute atomic E-state index is 0.0726. The normalized spacial score (nSPS) is 27.3. The summed E-state index contributed by atoms with van der Waals surface area (Å²) in [6.07, 6.45) is -4.04. The first kappa shape index (κ1) is 27.6. The number of benzene rings is 2. The Labute approximate surface area is 224 Å². The fraction of sp³-hybridized carbons (Fsp3) is 0.481. The van der Waals surface area contributed by atoms with E-state index in [9.17, 15) is 30.8 Å². The molecule has 0 saturated heterocycles. The molecule has 6 rings (SSSR count). The zero-order valence-corrected chi connectivity index (χ0v) is 22.4. The molecular formula is C27H30F4N4O3S. The van der Waals surface area contributed by atoms with Crippen molar-refractivity contribution in [2.45, 2.75) is 74.3 Å². The zero-order valence-electron chi connectivity index (χ0n) is 21.6. The second-order valence-corrected chi connectivity index (χ2v) is 13.2. The number of aliphatic imine (C=N–C) groups is 1. The Kier molecular flexibility index (Phi) is 6.57. The summed E-state index contributed by atoms with van der Waals surface area (Å²) in [7, 11) is -3.89. The van der Waals surface area contributed by atoms with Gasteiger partial charge in [-0.2, -0.15) is 17.5 Å². The first-order valence-corrected chi connectivity index (χ1v) is 14.1. The summed E-state index contributed by atoms with van der Waals surface area (Å²) in [6, 6.07) is 13.0. The van der Waals surface area contributed by atoms with Gasteiger partial charge in [-0.1, -0.05) is 30.3 Å². The number of carbonyl (C=O) groups is 1. The van der Waals surface area contributed by atoms with E-state index in [0.29, 0.717) is 30.7 Å². The van der Waals surface area contributed by atoms with Gasteiger partial charge in [-0.05, 0) is 62.9 Å². The van der Waals surface area contributed by atoms with Crippen LogP contribution in [0.15, 0.2) is 64.5 Å². The summed E-state index contributed by atoms with van der Waals surface area (Å²) >= 11 is 0. The third-order valence-electron chi connectivity index (χ3n) is 7.96. The van der Waals surface area contributed by atoms with Crippen LogP contribution in [0.5, 0.6) is 0 Å². The van der Waals surface area contributed by atoms with Crippen molar-refractivity contribution in [1.29, 1.82) is 0 Å². The summed E-state index contributed by atoms with van der Waals surface area (Å²) in [6.45, 7) is 3.03. The molecule has 4 aliphatic rings. The quantitative estimate of drug-likeness (QED) is 0.446. The van der Waals surface area contributed by atoms with Crippen LogP contribution < -0.4 is 10.6 Å². The SMILES string of the molecule is CC1(C)N=C(C23CC(N(Cc4ccc(F)cc4)S(=O)(=O)c4ccccc4)(C2)C3)N[C@H]1C(=O)NCCC(F)(F)F. The minimum atomic E-state index is -4.37. The zero-order chi connectivity index (χ0) is 28.3. The number of carbonyl (C=O) groups excluding carboxylic acids is 1. The maximum Gasteiger partial charge on any atom is 0.390 e. The van der Waals surface area contributed by atoms with Crippen molar-refractivity contribution in [1.82, 2.24) is 14.9 Å². The number of hydrogen-bond acceptors (Lipinski definition) is 5. The molecule has 1 atom stereocenters. The molecule has 7 nitrogen and oxygen atoms in total. The molecule has 1 amide bonds. The van der Waals surface area contributed by atoms with E-state index in [1.165, 1.54) is 16.4 Å². The molecule has 2 bridgehead atoms. The van der Waals surface area contributed by atoms with Gasteiger partial charge in [0.1, 0.15) is 17.7 Å². The molecule has 0 unspecified atom stereocenters. The van der Waals surface area contributed by atoms with E-state index < -0.39 is 63.4 Å². The Balaban J connectivity index is 1.33. The predicted octanol–water partition coefficient (Wildman–Crippen LogP) is 4.16. The smallest absolute Gasteiger partial charge is 0.360 e. The lowest BCUT2D eigenvalue weighted by Gasteiger charge is -2.72. The molecule has 2 aromatic carbocycles. The highest BCUT2D eigenvalue weighted by Gasteiger charge is 2.75. The lowest BCUT2D eigenvalue weighted by Crippen LogP contribution is -2.78. The van der Waals surface area contributed by atoms with Crippen LogP contribution in [0.2, 0.25) is 0 Å². The van der Waals surface area contributed by atoms with Crippen LogP contribution in [-0.2, 0) is 21.4 Å². The molecule has 3 fully saturated rings. The molecule has 1 heterocycles. The number of nitrogens with zero attached hydrogens (tertiary/aromatic N) is 2. The summed E-state index contributed by atoms with van der Waals surface area (Å²) < 4.78 is 80.1. The number of amidine groups is 1. The van der Waals surface area contributed by atoms with E-state index in [1.807, 2.05) is 0 Å². The standard InChI is InChI=1S/C27H30F4N4O3S/c1-24(2)21(22(36)32-13-12-27(29,30)31)33-23(34-24)25-15-26(16-25,17-25)35(14-18-8-10-19(28)11-9-18)39(37,38)20-6-4-3-5-7-20/h3-11,21H,12-17H2,1-2H3,(H,32,36)(H,33,34)/t21-,25?,26?/m0/s1. The monoisotopic (exact) mass is 566 g/mol. The molecule has 1 aliphatic heterocycles. The molecule has 0 aromatic heterocycles. The van der Waals surface area contributed by atoms with Crippen molar-refractivity contribution in [2.75, 3.05) is 6.54 Å². The third-order valence-corrected chi connectivity index (χ3v) is 9.93. The van der Waals surface area contributed by atoms with Gasteiger partial charge in [-0.15, -0.1) is 0 Å². The topological polar surface area (TPSA) is 90.9 Å². The number of hydrogen-bond donors (Lipinski definition) is 2. The van der Waals surface area contributed by atoms with Crippen LogP contribution in [0.1, 0.15) is 45.1 Å². The summed E-state index contributed by atoms with van der Waals surface area (Å²) in [4.78, 5) is 17.6. The fourth-order valence-corrected chi connectivity index (χ4v) is 7.80. The van der Waals surface area contributed by atoms with Crippen LogP contribution in [0, 0.1) is 11.2 Å². The van der Waals surface area contributed by atoms with E-state index in [2.05, 4.69) is 10.6 Å². The van der Waals surface area contributed by atoms with E-state index in [1.54, 1.807) is 56.3 Å². The Morgan fingerprint density at radius 2 is 1.69 bits per heavy atom. The van der Waals surface area contributed by atoms with E-state index in [-0.39, 0.29) is 11.4 Å². The van der Waals surface area contributed by atoms with Crippen LogP contribution in [0.4, 0.5) is 17.6 Å². The third kappa shape index (κ3) is 5.04. The van der Waals surface area contributed by atoms with Crippen molar-refractivity contribution in [2.24, 2.45) is 10.4 Å². The maximum absolute atomic E-state index is 13.8. The van der Waals surface area contributed by atoms with E-state index in [0.717, 1.165) is 0 Å². The number of amides is 1. The molecule has 12 heteroatoms. The van der Waals surface area contributed by atoms with Gasteiger partial charge in [0.05, 0.1) is 16.9 Å². The molecule has 0 spiro atoms. The average Bonchev–Trinajstić information content (AvgIpc) is 3.12. The summed E-state index contributed by atoms with van der Waals surface area (Å²) in [5.74, 6) is -0.385. The first-order valence-electron chi connectivity index (χ1n) is 12.7. The Hall–Kier alpha value is -2.99. The number of alkyl halides is 3. The predicted molar refractivity (Wildman–Crippen MR) is 137 cm³/mol. The van der Waals surface area contributed by atoms with Crippen molar-refractivity contribution in [3.05, 3.63) is 66.0 Å². The Morgan fingerprint density at radius 3 is 2.28 bits per heavy atom. The van der Waals surface area contributed by atoms with Crippen LogP contribution in [0.3, 0.4) is 0 Å². The van der Waals surface area contributed by atoms with Gasteiger partial charge in [0.15, 0.2) is 0 Å². The Bertz CT molecular complexity index is 1370. The first-order chi connectivity index (χ1) is 18.2. The number of halogens is 4. The van der Waals surface area contributed by atoms with E-state index >= 15 is 0 Å². The molecule has 3 aliphatic carbocycles. The Morgan fingerprint density at radius 1 is 1.08 bits per heavy atom. The highest BCUT2D eigenvalue weighted by molar-refractivity contribution is 7.89. The van der Waals surface area contributed by atoms with Crippen molar-refractivity contribution in [3.63, 3.8) is 0 Å². The highest BCUT2D eigenvalue weighted by Crippen LogP contribution is 2.71. The minimum Gasteiger partial charge on any atom is -0.360 e. The molecule has 2 aromatic rings. The summed E-state index contributed by atoms with van der Waals surface area (Å²) in [5, 5.41) is 5.48. The van der Waals surface area contributed by atoms with Crippen LogP contribution in [-0.4, -0.2) is 54.3 Å². The molecular weight excluding hydrogens is 536 g/mol. The van der Waals surface area contributed by atoms with Crippen LogP contribution in [0.25, 0.3) is 0 Å². The lowest BCUT2D eigenvalue weighted by atomic mass is 9.38. The molecule has 39 heavy (non-hydrogen) atoms. The van der Waals surface area contributed by atoms with Gasteiger partial charge in [0.25, 0.3) is 0 Å². The van der Waals surface area contributed by atoms with Gasteiger partial charge >= 0.3 is 6.18 Å². The number of sulfonamides is 1. The fourth-order valence-electron chi connectivity index (χ4n) is 6.02. The van der Waals surface area contributed by atoms with Gasteiger partial charge in [-0.25, -0.2) is 12.8 Å². The second-order valence-electron chi connectivity index (χ2n) is 11.3. The van der Waals surface area contributed by atoms with E-state index in [4.69, 9.17) is 4.99 Å². The average molecular weight is 567 g/mol. The number of nitrogens with one attached hydrogen (secondary N) is 2. The number of rotatable bonds is 9. The van der Waals surface area contributed by atoms with Crippen molar-refractivity contribution in [3.8, 4) is 0 Å². The van der Waals surface area contributed by atoms with Gasteiger partial charge in [-0.3, -0.25) is 9.79 Å². The van der Waals surface area contributed by atoms with Gasteiger partial charge in [0.2, 0.25) is 15.9 Å². The molecule has 2 N–H and O–H groups in total. The van der Waals surface area contributed by atoms with Gasteiger partial charge < -0.3 is 10.6 Å². The molecule has 3 saturated carbocycles. The van der Waals surface area contributed by atoms with Crippen molar-refractivity contribution >= 4 is 21.8 Å².